The molecule has 0 aromatic heterocycles. The molecule has 102 valence electrons. The van der Waals surface area contributed by atoms with Crippen LogP contribution >= 0.6 is 0 Å². The van der Waals surface area contributed by atoms with Gasteiger partial charge in [-0.2, -0.15) is 0 Å². The van der Waals surface area contributed by atoms with Crippen LogP contribution in [0.2, 0.25) is 0 Å². The quantitative estimate of drug-likeness (QED) is 0.668. The van der Waals surface area contributed by atoms with Gasteiger partial charge in [-0.15, -0.1) is 0 Å². The Balaban J connectivity index is 3.59. The van der Waals surface area contributed by atoms with Gasteiger partial charge in [-0.05, 0) is 17.8 Å². The van der Waals surface area contributed by atoms with Gasteiger partial charge in [0.1, 0.15) is 0 Å². The van der Waals surface area contributed by atoms with E-state index in [-0.39, 0.29) is 11.3 Å². The predicted octanol–water partition coefficient (Wildman–Crippen LogP) is 1.54. The van der Waals surface area contributed by atoms with E-state index >= 15 is 0 Å². The zero-order valence-electron chi connectivity index (χ0n) is 11.9. The number of carbonyl (C=O) groups is 1. The van der Waals surface area contributed by atoms with Crippen LogP contribution in [0.1, 0.15) is 41.0 Å². The van der Waals surface area contributed by atoms with Crippen molar-refractivity contribution in [2.24, 2.45) is 17.1 Å². The highest BCUT2D eigenvalue weighted by Crippen LogP contribution is 2.16. The van der Waals surface area contributed by atoms with Gasteiger partial charge in [-0.25, -0.2) is 0 Å². The van der Waals surface area contributed by atoms with Crippen LogP contribution in [-0.2, 0) is 9.53 Å². The van der Waals surface area contributed by atoms with Crippen LogP contribution in [0.3, 0.4) is 0 Å². The van der Waals surface area contributed by atoms with Crippen LogP contribution < -0.4 is 11.1 Å². The Bertz CT molecular complexity index is 222. The monoisotopic (exact) mass is 244 g/mol. The summed E-state index contributed by atoms with van der Waals surface area (Å²) < 4.78 is 5.40. The molecule has 0 rings (SSSR count). The highest BCUT2D eigenvalue weighted by atomic mass is 16.5. The van der Waals surface area contributed by atoms with Crippen molar-refractivity contribution in [3.05, 3.63) is 0 Å². The van der Waals surface area contributed by atoms with Crippen molar-refractivity contribution >= 4 is 5.91 Å². The topological polar surface area (TPSA) is 64.3 Å². The van der Waals surface area contributed by atoms with Gasteiger partial charge in [-0.3, -0.25) is 4.79 Å². The molecule has 3 N–H and O–H groups in total. The van der Waals surface area contributed by atoms with E-state index in [1.165, 1.54) is 0 Å². The summed E-state index contributed by atoms with van der Waals surface area (Å²) >= 11 is 0. The van der Waals surface area contributed by atoms with E-state index < -0.39 is 6.04 Å². The maximum atomic E-state index is 11.6. The Hall–Kier alpha value is -0.610. The molecular formula is C13H28N2O2. The highest BCUT2D eigenvalue weighted by Gasteiger charge is 2.26. The molecule has 0 saturated heterocycles. The van der Waals surface area contributed by atoms with Crippen molar-refractivity contribution in [3.63, 3.8) is 0 Å². The van der Waals surface area contributed by atoms with Gasteiger partial charge < -0.3 is 15.8 Å². The molecule has 0 heterocycles. The molecule has 0 bridgehead atoms. The van der Waals surface area contributed by atoms with Crippen LogP contribution in [-0.4, -0.2) is 31.7 Å². The van der Waals surface area contributed by atoms with Gasteiger partial charge >= 0.3 is 0 Å². The fourth-order valence-electron chi connectivity index (χ4n) is 1.17. The first-order valence-corrected chi connectivity index (χ1v) is 6.36. The Morgan fingerprint density at radius 1 is 1.29 bits per heavy atom. The summed E-state index contributed by atoms with van der Waals surface area (Å²) in [7, 11) is 0. The van der Waals surface area contributed by atoms with Crippen LogP contribution in [0, 0.1) is 11.3 Å². The Kier molecular flexibility index (Phi) is 7.39. The van der Waals surface area contributed by atoms with E-state index in [1.54, 1.807) is 0 Å². The molecule has 0 spiro atoms. The second-order valence-corrected chi connectivity index (χ2v) is 5.93. The lowest BCUT2D eigenvalue weighted by molar-refractivity contribution is -0.124. The van der Waals surface area contributed by atoms with E-state index in [9.17, 15) is 4.79 Å². The fourth-order valence-corrected chi connectivity index (χ4v) is 1.17. The third kappa shape index (κ3) is 8.16. The largest absolute Gasteiger partial charge is 0.380 e. The Morgan fingerprint density at radius 3 is 2.35 bits per heavy atom. The number of carbonyl (C=O) groups excluding carboxylic acids is 1. The molecule has 0 saturated carbocycles. The van der Waals surface area contributed by atoms with Gasteiger partial charge in [-0.1, -0.05) is 34.6 Å². The van der Waals surface area contributed by atoms with Crippen molar-refractivity contribution in [3.8, 4) is 0 Å². The molecule has 4 nitrogen and oxygen atoms in total. The molecule has 0 fully saturated rings. The second kappa shape index (κ2) is 7.67. The maximum absolute atomic E-state index is 11.6. The molecule has 1 amide bonds. The molecule has 0 aliphatic rings. The van der Waals surface area contributed by atoms with Gasteiger partial charge in [0.25, 0.3) is 0 Å². The zero-order chi connectivity index (χ0) is 13.5. The highest BCUT2D eigenvalue weighted by molar-refractivity contribution is 5.82. The molecule has 0 aliphatic heterocycles. The number of rotatable bonds is 7. The molecule has 1 unspecified atom stereocenters. The van der Waals surface area contributed by atoms with Gasteiger partial charge in [0.15, 0.2) is 0 Å². The molecule has 0 aliphatic carbocycles. The number of hydrogen-bond acceptors (Lipinski definition) is 3. The van der Waals surface area contributed by atoms with Crippen LogP contribution in [0.4, 0.5) is 0 Å². The standard InChI is InChI=1S/C13H28N2O2/c1-10(2)6-8-17-9-7-15-12(16)11(14)13(3,4)5/h10-11H,6-9,14H2,1-5H3,(H,15,16). The summed E-state index contributed by atoms with van der Waals surface area (Å²) in [5, 5.41) is 2.79. The van der Waals surface area contributed by atoms with Crippen LogP contribution in [0.25, 0.3) is 0 Å². The third-order valence-electron chi connectivity index (χ3n) is 2.60. The minimum atomic E-state index is -0.474. The van der Waals surface area contributed by atoms with Gasteiger partial charge in [0.05, 0.1) is 12.6 Å². The van der Waals surface area contributed by atoms with E-state index in [2.05, 4.69) is 19.2 Å². The average Bonchev–Trinajstić information content (AvgIpc) is 2.19. The third-order valence-corrected chi connectivity index (χ3v) is 2.60. The lowest BCUT2D eigenvalue weighted by Gasteiger charge is -2.25. The van der Waals surface area contributed by atoms with Crippen molar-refractivity contribution in [1.82, 2.24) is 5.32 Å². The smallest absolute Gasteiger partial charge is 0.237 e. The first-order valence-electron chi connectivity index (χ1n) is 6.36. The number of amides is 1. The average molecular weight is 244 g/mol. The minimum absolute atomic E-state index is 0.107. The van der Waals surface area contributed by atoms with Crippen molar-refractivity contribution in [2.75, 3.05) is 19.8 Å². The molecule has 17 heavy (non-hydrogen) atoms. The first kappa shape index (κ1) is 16.4. The zero-order valence-corrected chi connectivity index (χ0v) is 11.9. The Morgan fingerprint density at radius 2 is 1.88 bits per heavy atom. The number of nitrogens with two attached hydrogens (primary N) is 1. The summed E-state index contributed by atoms with van der Waals surface area (Å²) in [6.45, 7) is 12.0. The molecule has 0 aromatic carbocycles. The van der Waals surface area contributed by atoms with Crippen molar-refractivity contribution in [1.29, 1.82) is 0 Å². The maximum Gasteiger partial charge on any atom is 0.237 e. The number of hydrogen-bond donors (Lipinski definition) is 2. The van der Waals surface area contributed by atoms with Gasteiger partial charge in [0, 0.05) is 13.2 Å². The van der Waals surface area contributed by atoms with Gasteiger partial charge in [0.2, 0.25) is 5.91 Å². The molecule has 0 radical (unpaired) electrons. The lowest BCUT2D eigenvalue weighted by Crippen LogP contribution is -2.49. The first-order chi connectivity index (χ1) is 7.75. The van der Waals surface area contributed by atoms with Crippen LogP contribution in [0.5, 0.6) is 0 Å². The number of ether oxygens (including phenoxy) is 1. The summed E-state index contributed by atoms with van der Waals surface area (Å²) in [4.78, 5) is 11.6. The predicted molar refractivity (Wildman–Crippen MR) is 70.7 cm³/mol. The molecule has 4 heteroatoms. The normalized spacial score (nSPS) is 13.8. The van der Waals surface area contributed by atoms with E-state index in [0.29, 0.717) is 19.1 Å². The SMILES string of the molecule is CC(C)CCOCCNC(=O)C(N)C(C)(C)C. The summed E-state index contributed by atoms with van der Waals surface area (Å²) in [6, 6.07) is -0.474. The summed E-state index contributed by atoms with van der Waals surface area (Å²) in [5.74, 6) is 0.545. The minimum Gasteiger partial charge on any atom is -0.380 e. The lowest BCUT2D eigenvalue weighted by atomic mass is 9.87. The van der Waals surface area contributed by atoms with Crippen LogP contribution in [0.15, 0.2) is 0 Å². The molecular weight excluding hydrogens is 216 g/mol. The molecule has 0 aromatic rings. The number of nitrogens with one attached hydrogen (secondary N) is 1. The van der Waals surface area contributed by atoms with E-state index in [0.717, 1.165) is 13.0 Å². The van der Waals surface area contributed by atoms with E-state index in [4.69, 9.17) is 10.5 Å². The van der Waals surface area contributed by atoms with Crippen molar-refractivity contribution in [2.45, 2.75) is 47.1 Å². The Labute approximate surface area is 105 Å². The summed E-state index contributed by atoms with van der Waals surface area (Å²) in [5.41, 5.74) is 5.62. The molecule has 1 atom stereocenters. The van der Waals surface area contributed by atoms with E-state index in [1.807, 2.05) is 20.8 Å². The van der Waals surface area contributed by atoms with Crippen molar-refractivity contribution < 1.29 is 9.53 Å². The summed E-state index contributed by atoms with van der Waals surface area (Å²) in [6.07, 6.45) is 1.05. The second-order valence-electron chi connectivity index (χ2n) is 5.93. The fraction of sp³-hybridized carbons (Fsp3) is 0.923.